The molecule has 5 heteroatoms. The van der Waals surface area contributed by atoms with E-state index >= 15 is 0 Å². The van der Waals surface area contributed by atoms with Gasteiger partial charge in [0, 0.05) is 6.04 Å². The molecule has 1 aromatic carbocycles. The van der Waals surface area contributed by atoms with Crippen LogP contribution in [-0.2, 0) is 11.2 Å². The van der Waals surface area contributed by atoms with Gasteiger partial charge in [-0.25, -0.2) is 4.79 Å². The molecule has 1 atom stereocenters. The van der Waals surface area contributed by atoms with Gasteiger partial charge < -0.3 is 5.32 Å². The lowest BCUT2D eigenvalue weighted by Crippen LogP contribution is -2.50. The third kappa shape index (κ3) is 5.96. The van der Waals surface area contributed by atoms with Crippen LogP contribution in [-0.4, -0.2) is 42.5 Å². The lowest BCUT2D eigenvalue weighted by atomic mass is 10.1. The Morgan fingerprint density at radius 3 is 2.54 bits per heavy atom. The first-order chi connectivity index (χ1) is 11.6. The molecule has 5 nitrogen and oxygen atoms in total. The van der Waals surface area contributed by atoms with E-state index in [0.717, 1.165) is 45.1 Å². The normalized spacial score (nSPS) is 16.1. The first-order valence-electron chi connectivity index (χ1n) is 8.92. The van der Waals surface area contributed by atoms with E-state index in [-0.39, 0.29) is 24.0 Å². The number of rotatable bonds is 7. The molecular formula is C19H29N3O2. The van der Waals surface area contributed by atoms with Gasteiger partial charge in [-0.15, -0.1) is 0 Å². The minimum Gasteiger partial charge on any atom is -0.335 e. The summed E-state index contributed by atoms with van der Waals surface area (Å²) in [6.07, 6.45) is 6.29. The number of carbonyl (C=O) groups excluding carboxylic acids is 2. The second-order valence-electron chi connectivity index (χ2n) is 6.69. The number of nitrogens with zero attached hydrogens (tertiary/aromatic N) is 1. The Kier molecular flexibility index (Phi) is 7.25. The predicted octanol–water partition coefficient (Wildman–Crippen LogP) is 2.71. The summed E-state index contributed by atoms with van der Waals surface area (Å²) < 4.78 is 0. The van der Waals surface area contributed by atoms with Gasteiger partial charge in [0.05, 0.1) is 6.04 Å². The van der Waals surface area contributed by atoms with Crippen molar-refractivity contribution >= 4 is 11.9 Å². The summed E-state index contributed by atoms with van der Waals surface area (Å²) in [5.41, 5.74) is 1.30. The molecule has 1 fully saturated rings. The number of nitrogens with one attached hydrogen (secondary N) is 2. The van der Waals surface area contributed by atoms with Crippen LogP contribution >= 0.6 is 0 Å². The Morgan fingerprint density at radius 1 is 1.21 bits per heavy atom. The van der Waals surface area contributed by atoms with Crippen molar-refractivity contribution in [1.29, 1.82) is 0 Å². The van der Waals surface area contributed by atoms with Crippen LogP contribution in [0.3, 0.4) is 0 Å². The number of imide groups is 1. The van der Waals surface area contributed by atoms with Gasteiger partial charge in [-0.3, -0.25) is 15.0 Å². The van der Waals surface area contributed by atoms with Gasteiger partial charge in [-0.1, -0.05) is 43.2 Å². The van der Waals surface area contributed by atoms with Gasteiger partial charge >= 0.3 is 6.03 Å². The predicted molar refractivity (Wildman–Crippen MR) is 95.8 cm³/mol. The lowest BCUT2D eigenvalue weighted by molar-refractivity contribution is -0.124. The Morgan fingerprint density at radius 2 is 1.88 bits per heavy atom. The molecule has 1 saturated carbocycles. The molecule has 2 rings (SSSR count). The minimum atomic E-state index is -0.364. The fourth-order valence-corrected chi connectivity index (χ4v) is 3.08. The first-order valence-corrected chi connectivity index (χ1v) is 8.92. The van der Waals surface area contributed by atoms with Gasteiger partial charge in [0.1, 0.15) is 0 Å². The van der Waals surface area contributed by atoms with E-state index in [1.165, 1.54) is 5.56 Å². The Balaban J connectivity index is 1.67. The molecule has 0 heterocycles. The molecule has 1 aromatic rings. The highest BCUT2D eigenvalue weighted by molar-refractivity contribution is 5.96. The van der Waals surface area contributed by atoms with Crippen LogP contribution in [0.1, 0.15) is 44.6 Å². The molecule has 2 N–H and O–H groups in total. The van der Waals surface area contributed by atoms with Gasteiger partial charge in [0.15, 0.2) is 0 Å². The maximum absolute atomic E-state index is 12.2. The summed E-state index contributed by atoms with van der Waals surface area (Å²) in [6.45, 7) is 2.65. The second-order valence-corrected chi connectivity index (χ2v) is 6.69. The van der Waals surface area contributed by atoms with Crippen molar-refractivity contribution in [2.45, 2.75) is 57.5 Å². The Hall–Kier alpha value is -1.88. The molecule has 1 aliphatic carbocycles. The number of amides is 3. The fourth-order valence-electron chi connectivity index (χ4n) is 3.08. The zero-order chi connectivity index (χ0) is 17.4. The van der Waals surface area contributed by atoms with E-state index in [2.05, 4.69) is 22.8 Å². The van der Waals surface area contributed by atoms with Gasteiger partial charge in [-0.2, -0.15) is 0 Å². The third-order valence-corrected chi connectivity index (χ3v) is 4.79. The van der Waals surface area contributed by atoms with Gasteiger partial charge in [0.2, 0.25) is 5.91 Å². The minimum absolute atomic E-state index is 0.219. The van der Waals surface area contributed by atoms with Gasteiger partial charge in [-0.05, 0) is 51.8 Å². The summed E-state index contributed by atoms with van der Waals surface area (Å²) in [5, 5.41) is 5.34. The molecule has 0 spiro atoms. The van der Waals surface area contributed by atoms with E-state index in [0.29, 0.717) is 0 Å². The zero-order valence-corrected chi connectivity index (χ0v) is 14.8. The molecule has 0 radical (unpaired) electrons. The standard InChI is InChI=1S/C19H29N3O2/c1-15(18(23)21-19(24)20-17-12-6-7-13-17)22(2)14-8-11-16-9-4-3-5-10-16/h3-5,9-10,15,17H,6-8,11-14H2,1-2H3,(H2,20,21,23,24). The molecular weight excluding hydrogens is 302 g/mol. The van der Waals surface area contributed by atoms with Crippen molar-refractivity contribution in [3.05, 3.63) is 35.9 Å². The van der Waals surface area contributed by atoms with E-state index in [1.807, 2.05) is 37.1 Å². The molecule has 1 unspecified atom stereocenters. The molecule has 3 amide bonds. The van der Waals surface area contributed by atoms with E-state index in [4.69, 9.17) is 0 Å². The van der Waals surface area contributed by atoms with Crippen molar-refractivity contribution in [1.82, 2.24) is 15.5 Å². The molecule has 24 heavy (non-hydrogen) atoms. The Labute approximate surface area is 144 Å². The molecule has 132 valence electrons. The monoisotopic (exact) mass is 331 g/mol. The molecule has 0 aromatic heterocycles. The van der Waals surface area contributed by atoms with Gasteiger partial charge in [0.25, 0.3) is 0 Å². The summed E-state index contributed by atoms with van der Waals surface area (Å²) in [5.74, 6) is -0.243. The average molecular weight is 331 g/mol. The van der Waals surface area contributed by atoms with Crippen LogP contribution in [0.2, 0.25) is 0 Å². The molecule has 0 aliphatic heterocycles. The number of benzene rings is 1. The fraction of sp³-hybridized carbons (Fsp3) is 0.579. The van der Waals surface area contributed by atoms with Crippen LogP contribution in [0.25, 0.3) is 0 Å². The van der Waals surface area contributed by atoms with E-state index in [1.54, 1.807) is 0 Å². The number of carbonyl (C=O) groups is 2. The van der Waals surface area contributed by atoms with Crippen molar-refractivity contribution in [3.8, 4) is 0 Å². The van der Waals surface area contributed by atoms with Crippen LogP contribution < -0.4 is 10.6 Å². The highest BCUT2D eigenvalue weighted by atomic mass is 16.2. The summed E-state index contributed by atoms with van der Waals surface area (Å²) in [7, 11) is 1.92. The van der Waals surface area contributed by atoms with Crippen LogP contribution in [0.4, 0.5) is 4.79 Å². The summed E-state index contributed by atoms with van der Waals surface area (Å²) >= 11 is 0. The average Bonchev–Trinajstić information content (AvgIpc) is 3.07. The molecule has 1 aliphatic rings. The quantitative estimate of drug-likeness (QED) is 0.807. The van der Waals surface area contributed by atoms with E-state index in [9.17, 15) is 9.59 Å². The van der Waals surface area contributed by atoms with Crippen molar-refractivity contribution in [2.24, 2.45) is 0 Å². The highest BCUT2D eigenvalue weighted by Crippen LogP contribution is 2.17. The summed E-state index contributed by atoms with van der Waals surface area (Å²) in [6, 6.07) is 9.85. The van der Waals surface area contributed by atoms with Crippen molar-refractivity contribution in [2.75, 3.05) is 13.6 Å². The van der Waals surface area contributed by atoms with Crippen LogP contribution in [0, 0.1) is 0 Å². The second kappa shape index (κ2) is 9.42. The zero-order valence-electron chi connectivity index (χ0n) is 14.8. The van der Waals surface area contributed by atoms with E-state index < -0.39 is 0 Å². The SMILES string of the molecule is CC(C(=O)NC(=O)NC1CCCC1)N(C)CCCc1ccccc1. The maximum Gasteiger partial charge on any atom is 0.321 e. The molecule has 0 saturated heterocycles. The number of hydrogen-bond acceptors (Lipinski definition) is 3. The lowest BCUT2D eigenvalue weighted by Gasteiger charge is -2.24. The summed E-state index contributed by atoms with van der Waals surface area (Å²) in [4.78, 5) is 26.0. The highest BCUT2D eigenvalue weighted by Gasteiger charge is 2.22. The number of hydrogen-bond donors (Lipinski definition) is 2. The number of urea groups is 1. The first kappa shape index (κ1) is 18.5. The third-order valence-electron chi connectivity index (χ3n) is 4.79. The Bertz CT molecular complexity index is 527. The smallest absolute Gasteiger partial charge is 0.321 e. The van der Waals surface area contributed by atoms with Crippen molar-refractivity contribution < 1.29 is 9.59 Å². The largest absolute Gasteiger partial charge is 0.335 e. The topological polar surface area (TPSA) is 61.4 Å². The van der Waals surface area contributed by atoms with Crippen molar-refractivity contribution in [3.63, 3.8) is 0 Å². The number of aryl methyl sites for hydroxylation is 1. The molecule has 0 bridgehead atoms. The van der Waals surface area contributed by atoms with Crippen LogP contribution in [0.15, 0.2) is 30.3 Å². The maximum atomic E-state index is 12.2. The van der Waals surface area contributed by atoms with Crippen LogP contribution in [0.5, 0.6) is 0 Å². The number of likely N-dealkylation sites (N-methyl/N-ethyl adjacent to an activating group) is 1.